The van der Waals surface area contributed by atoms with Gasteiger partial charge in [-0.3, -0.25) is 4.68 Å². The number of hydrogen-bond acceptors (Lipinski definition) is 4. The minimum Gasteiger partial charge on any atom is -0.461 e. The first kappa shape index (κ1) is 14.5. The maximum absolute atomic E-state index is 12.1. The molecule has 0 aliphatic heterocycles. The zero-order chi connectivity index (χ0) is 13.7. The molecule has 0 bridgehead atoms. The number of nitrogens with one attached hydrogen (secondary N) is 1. The van der Waals surface area contributed by atoms with Crippen molar-refractivity contribution in [3.8, 4) is 0 Å². The number of esters is 1. The van der Waals surface area contributed by atoms with E-state index in [2.05, 4.69) is 17.3 Å². The van der Waals surface area contributed by atoms with Crippen LogP contribution < -0.4 is 5.32 Å². The number of aryl methyl sites for hydroxylation is 1. The first-order valence-corrected chi connectivity index (χ1v) is 6.56. The lowest BCUT2D eigenvalue weighted by Crippen LogP contribution is -2.17. The summed E-state index contributed by atoms with van der Waals surface area (Å²) in [7, 11) is 0. The molecule has 1 atom stereocenters. The quantitative estimate of drug-likeness (QED) is 0.792. The Morgan fingerprint density at radius 1 is 1.44 bits per heavy atom. The molecule has 1 aromatic rings. The third-order valence-electron chi connectivity index (χ3n) is 2.92. The maximum atomic E-state index is 12.1. The molecule has 0 amide bonds. The van der Waals surface area contributed by atoms with Crippen molar-refractivity contribution in [2.24, 2.45) is 0 Å². The van der Waals surface area contributed by atoms with Gasteiger partial charge in [0, 0.05) is 12.6 Å². The summed E-state index contributed by atoms with van der Waals surface area (Å²) < 4.78 is 6.89. The van der Waals surface area contributed by atoms with Gasteiger partial charge in [0.25, 0.3) is 0 Å². The van der Waals surface area contributed by atoms with Crippen LogP contribution in [0.3, 0.4) is 0 Å². The van der Waals surface area contributed by atoms with Gasteiger partial charge in [0.05, 0.1) is 18.0 Å². The van der Waals surface area contributed by atoms with Crippen LogP contribution in [0.15, 0.2) is 0 Å². The van der Waals surface area contributed by atoms with Gasteiger partial charge in [0.1, 0.15) is 0 Å². The molecule has 18 heavy (non-hydrogen) atoms. The van der Waals surface area contributed by atoms with Crippen LogP contribution in [-0.4, -0.2) is 28.9 Å². The second-order valence-corrected chi connectivity index (χ2v) is 4.26. The molecule has 1 unspecified atom stereocenters. The lowest BCUT2D eigenvalue weighted by atomic mass is 10.2. The third kappa shape index (κ3) is 2.83. The van der Waals surface area contributed by atoms with Crippen LogP contribution in [0.1, 0.15) is 56.3 Å². The molecule has 0 fully saturated rings. The number of nitrogens with zero attached hydrogens (tertiary/aromatic N) is 2. The molecule has 0 aliphatic carbocycles. The fraction of sp³-hybridized carbons (Fsp3) is 0.692. The summed E-state index contributed by atoms with van der Waals surface area (Å²) in [5.74, 6) is -0.311. The monoisotopic (exact) mass is 253 g/mol. The van der Waals surface area contributed by atoms with Crippen LogP contribution in [0.5, 0.6) is 0 Å². The highest BCUT2D eigenvalue weighted by molar-refractivity contribution is 5.94. The van der Waals surface area contributed by atoms with Crippen molar-refractivity contribution in [2.45, 2.75) is 47.1 Å². The van der Waals surface area contributed by atoms with Crippen molar-refractivity contribution >= 4 is 11.7 Å². The standard InChI is InChI=1S/C13H23N3O2/c1-6-9(4)16-12(13(17)18-8-3)11(14-7-2)10(5)15-16/h9,14H,6-8H2,1-5H3. The molecule has 1 heterocycles. The fourth-order valence-electron chi connectivity index (χ4n) is 1.82. The average molecular weight is 253 g/mol. The van der Waals surface area contributed by atoms with Crippen molar-refractivity contribution in [1.29, 1.82) is 0 Å². The summed E-state index contributed by atoms with van der Waals surface area (Å²) in [5.41, 5.74) is 2.15. The third-order valence-corrected chi connectivity index (χ3v) is 2.92. The molecular formula is C13H23N3O2. The van der Waals surface area contributed by atoms with Crippen molar-refractivity contribution < 1.29 is 9.53 Å². The number of hydrogen-bond donors (Lipinski definition) is 1. The molecule has 5 nitrogen and oxygen atoms in total. The van der Waals surface area contributed by atoms with E-state index in [1.165, 1.54) is 0 Å². The Hall–Kier alpha value is -1.52. The molecule has 1 rings (SSSR count). The van der Waals surface area contributed by atoms with Crippen molar-refractivity contribution in [3.63, 3.8) is 0 Å². The summed E-state index contributed by atoms with van der Waals surface area (Å²) in [4.78, 5) is 12.1. The zero-order valence-electron chi connectivity index (χ0n) is 11.9. The molecule has 5 heteroatoms. The molecule has 0 aliphatic rings. The number of anilines is 1. The number of ether oxygens (including phenoxy) is 1. The van der Waals surface area contributed by atoms with Gasteiger partial charge in [0.15, 0.2) is 5.69 Å². The van der Waals surface area contributed by atoms with Gasteiger partial charge in [-0.1, -0.05) is 6.92 Å². The van der Waals surface area contributed by atoms with Crippen molar-refractivity contribution in [3.05, 3.63) is 11.4 Å². The summed E-state index contributed by atoms with van der Waals surface area (Å²) in [5, 5.41) is 7.66. The van der Waals surface area contributed by atoms with Crippen LogP contribution in [-0.2, 0) is 4.74 Å². The number of carbonyl (C=O) groups is 1. The summed E-state index contributed by atoms with van der Waals surface area (Å²) in [6.07, 6.45) is 0.916. The van der Waals surface area contributed by atoms with Crippen LogP contribution in [0.2, 0.25) is 0 Å². The van der Waals surface area contributed by atoms with Gasteiger partial charge in [-0.15, -0.1) is 0 Å². The Morgan fingerprint density at radius 3 is 2.61 bits per heavy atom. The molecular weight excluding hydrogens is 230 g/mol. The van der Waals surface area contributed by atoms with E-state index in [0.29, 0.717) is 12.3 Å². The van der Waals surface area contributed by atoms with Gasteiger partial charge in [-0.05, 0) is 34.1 Å². The van der Waals surface area contributed by atoms with Crippen molar-refractivity contribution in [2.75, 3.05) is 18.5 Å². The molecule has 0 saturated carbocycles. The van der Waals surface area contributed by atoms with Crippen LogP contribution in [0.4, 0.5) is 5.69 Å². The SMILES string of the molecule is CCNc1c(C)nn(C(C)CC)c1C(=O)OCC. The average Bonchev–Trinajstić information content (AvgIpc) is 2.67. The normalized spacial score (nSPS) is 12.3. The predicted octanol–water partition coefficient (Wildman–Crippen LogP) is 2.77. The topological polar surface area (TPSA) is 56.2 Å². The maximum Gasteiger partial charge on any atom is 0.358 e. The second kappa shape index (κ2) is 6.42. The Balaban J connectivity index is 3.25. The largest absolute Gasteiger partial charge is 0.461 e. The highest BCUT2D eigenvalue weighted by Gasteiger charge is 2.24. The minimum absolute atomic E-state index is 0.176. The highest BCUT2D eigenvalue weighted by Crippen LogP contribution is 2.25. The van der Waals surface area contributed by atoms with Gasteiger partial charge >= 0.3 is 5.97 Å². The smallest absolute Gasteiger partial charge is 0.358 e. The molecule has 0 saturated heterocycles. The molecule has 0 spiro atoms. The summed E-state index contributed by atoms with van der Waals surface area (Å²) in [6, 6.07) is 0.176. The van der Waals surface area contributed by atoms with Gasteiger partial charge in [-0.25, -0.2) is 4.79 Å². The first-order valence-electron chi connectivity index (χ1n) is 6.56. The lowest BCUT2D eigenvalue weighted by Gasteiger charge is -2.14. The second-order valence-electron chi connectivity index (χ2n) is 4.26. The van der Waals surface area contributed by atoms with E-state index in [4.69, 9.17) is 4.74 Å². The van der Waals surface area contributed by atoms with Gasteiger partial charge in [-0.2, -0.15) is 5.10 Å². The van der Waals surface area contributed by atoms with E-state index in [-0.39, 0.29) is 12.0 Å². The summed E-state index contributed by atoms with van der Waals surface area (Å²) in [6.45, 7) is 10.9. The van der Waals surface area contributed by atoms with Gasteiger partial charge in [0.2, 0.25) is 0 Å². The Kier molecular flexibility index (Phi) is 5.19. The molecule has 0 aromatic carbocycles. The van der Waals surface area contributed by atoms with E-state index in [1.54, 1.807) is 4.68 Å². The van der Waals surface area contributed by atoms with E-state index in [0.717, 1.165) is 24.3 Å². The van der Waals surface area contributed by atoms with E-state index >= 15 is 0 Å². The molecule has 0 radical (unpaired) electrons. The Labute approximate surface area is 109 Å². The Morgan fingerprint density at radius 2 is 2.11 bits per heavy atom. The first-order chi connectivity index (χ1) is 8.56. The number of aromatic nitrogens is 2. The van der Waals surface area contributed by atoms with Crippen LogP contribution in [0, 0.1) is 6.92 Å². The molecule has 1 N–H and O–H groups in total. The van der Waals surface area contributed by atoms with Gasteiger partial charge < -0.3 is 10.1 Å². The zero-order valence-corrected chi connectivity index (χ0v) is 11.9. The molecule has 1 aromatic heterocycles. The fourth-order valence-corrected chi connectivity index (χ4v) is 1.82. The molecule has 102 valence electrons. The minimum atomic E-state index is -0.311. The van der Waals surface area contributed by atoms with Crippen LogP contribution in [0.25, 0.3) is 0 Å². The lowest BCUT2D eigenvalue weighted by molar-refractivity contribution is 0.0510. The number of carbonyl (C=O) groups excluding carboxylic acids is 1. The van der Waals surface area contributed by atoms with E-state index in [9.17, 15) is 4.79 Å². The predicted molar refractivity (Wildman–Crippen MR) is 72.1 cm³/mol. The van der Waals surface area contributed by atoms with Crippen LogP contribution >= 0.6 is 0 Å². The highest BCUT2D eigenvalue weighted by atomic mass is 16.5. The summed E-state index contributed by atoms with van der Waals surface area (Å²) >= 11 is 0. The van der Waals surface area contributed by atoms with E-state index in [1.807, 2.05) is 27.7 Å². The Bertz CT molecular complexity index is 413. The van der Waals surface area contributed by atoms with Crippen molar-refractivity contribution in [1.82, 2.24) is 9.78 Å². The van der Waals surface area contributed by atoms with E-state index < -0.39 is 0 Å². The number of rotatable bonds is 6.